The molecule has 8 rings (SSSR count). The number of benzene rings is 6. The molecule has 0 radical (unpaired) electrons. The molecule has 39 heavy (non-hydrogen) atoms. The predicted molar refractivity (Wildman–Crippen MR) is 164 cm³/mol. The largest absolute Gasteiger partial charge is 0.456 e. The van der Waals surface area contributed by atoms with E-state index in [1.54, 1.807) is 0 Å². The van der Waals surface area contributed by atoms with Gasteiger partial charge in [-0.25, -0.2) is 0 Å². The smallest absolute Gasteiger partial charge is 0.136 e. The minimum Gasteiger partial charge on any atom is -0.456 e. The molecule has 8 aromatic rings. The van der Waals surface area contributed by atoms with E-state index in [1.807, 2.05) is 24.3 Å². The van der Waals surface area contributed by atoms with E-state index in [0.29, 0.717) is 5.02 Å². The van der Waals surface area contributed by atoms with Gasteiger partial charge in [0.25, 0.3) is 0 Å². The second-order valence-electron chi connectivity index (χ2n) is 9.89. The van der Waals surface area contributed by atoms with E-state index in [2.05, 4.69) is 114 Å². The third-order valence-electron chi connectivity index (χ3n) is 7.66. The number of halogens is 1. The number of furan rings is 1. The molecule has 184 valence electrons. The molecule has 0 N–H and O–H groups in total. The Hall–Kier alpha value is -4.79. The van der Waals surface area contributed by atoms with Crippen molar-refractivity contribution in [3.8, 4) is 27.9 Å². The SMILES string of the molecule is Clc1ccc2oc3cccc(-c4ccc5c6c(-c7ccccc7)cccc6n(-c6ccccc6)c5c4)c3c2c1. The van der Waals surface area contributed by atoms with E-state index in [0.717, 1.165) is 38.8 Å². The molecule has 0 aliphatic rings. The zero-order chi connectivity index (χ0) is 25.9. The van der Waals surface area contributed by atoms with Crippen LogP contribution in [0, 0.1) is 0 Å². The summed E-state index contributed by atoms with van der Waals surface area (Å²) in [5.74, 6) is 0. The lowest BCUT2D eigenvalue weighted by atomic mass is 9.96. The molecule has 0 aliphatic heterocycles. The van der Waals surface area contributed by atoms with Crippen LogP contribution in [0.3, 0.4) is 0 Å². The lowest BCUT2D eigenvalue weighted by Gasteiger charge is -2.10. The Morgan fingerprint density at radius 2 is 1.23 bits per heavy atom. The van der Waals surface area contributed by atoms with E-state index in [-0.39, 0.29) is 0 Å². The van der Waals surface area contributed by atoms with Crippen LogP contribution in [0.2, 0.25) is 5.02 Å². The normalized spacial score (nSPS) is 11.7. The van der Waals surface area contributed by atoms with Crippen molar-refractivity contribution < 1.29 is 4.42 Å². The van der Waals surface area contributed by atoms with Crippen LogP contribution >= 0.6 is 11.6 Å². The average molecular weight is 520 g/mol. The molecule has 0 saturated carbocycles. The summed E-state index contributed by atoms with van der Waals surface area (Å²) in [7, 11) is 0. The van der Waals surface area contributed by atoms with Crippen molar-refractivity contribution in [1.29, 1.82) is 0 Å². The van der Waals surface area contributed by atoms with Gasteiger partial charge in [-0.1, -0.05) is 96.5 Å². The summed E-state index contributed by atoms with van der Waals surface area (Å²) in [4.78, 5) is 0. The number of hydrogen-bond donors (Lipinski definition) is 0. The minimum atomic E-state index is 0.702. The zero-order valence-corrected chi connectivity index (χ0v) is 21.7. The van der Waals surface area contributed by atoms with E-state index in [9.17, 15) is 0 Å². The number of aromatic nitrogens is 1. The Balaban J connectivity index is 1.48. The number of rotatable bonds is 3. The first-order valence-electron chi connectivity index (χ1n) is 13.1. The highest BCUT2D eigenvalue weighted by Crippen LogP contribution is 2.42. The summed E-state index contributed by atoms with van der Waals surface area (Å²) in [5, 5.41) is 5.30. The monoisotopic (exact) mass is 519 g/mol. The zero-order valence-electron chi connectivity index (χ0n) is 20.9. The van der Waals surface area contributed by atoms with Crippen LogP contribution in [0.4, 0.5) is 0 Å². The van der Waals surface area contributed by atoms with E-state index < -0.39 is 0 Å². The summed E-state index contributed by atoms with van der Waals surface area (Å²) in [6, 6.07) is 46.8. The van der Waals surface area contributed by atoms with Crippen molar-refractivity contribution >= 4 is 55.3 Å². The van der Waals surface area contributed by atoms with Crippen LogP contribution in [0.5, 0.6) is 0 Å². The van der Waals surface area contributed by atoms with Crippen LogP contribution in [0.25, 0.3) is 71.7 Å². The van der Waals surface area contributed by atoms with Gasteiger partial charge in [-0.05, 0) is 70.8 Å². The number of nitrogens with zero attached hydrogens (tertiary/aromatic N) is 1. The summed E-state index contributed by atoms with van der Waals surface area (Å²) in [6.07, 6.45) is 0. The molecule has 2 aromatic heterocycles. The van der Waals surface area contributed by atoms with Crippen LogP contribution in [0.1, 0.15) is 0 Å². The first-order chi connectivity index (χ1) is 19.3. The summed E-state index contributed by atoms with van der Waals surface area (Å²) < 4.78 is 8.58. The van der Waals surface area contributed by atoms with Crippen LogP contribution in [0.15, 0.2) is 138 Å². The van der Waals surface area contributed by atoms with Crippen LogP contribution < -0.4 is 0 Å². The highest BCUT2D eigenvalue weighted by atomic mass is 35.5. The van der Waals surface area contributed by atoms with Gasteiger partial charge in [0.15, 0.2) is 0 Å². The topological polar surface area (TPSA) is 18.1 Å². The van der Waals surface area contributed by atoms with E-state index in [1.165, 1.54) is 32.9 Å². The molecular formula is C36H22ClNO. The van der Waals surface area contributed by atoms with Gasteiger partial charge >= 0.3 is 0 Å². The Kier molecular flexibility index (Phi) is 4.91. The summed E-state index contributed by atoms with van der Waals surface area (Å²) in [6.45, 7) is 0. The first kappa shape index (κ1) is 22.2. The van der Waals surface area contributed by atoms with Crippen molar-refractivity contribution in [3.05, 3.63) is 138 Å². The van der Waals surface area contributed by atoms with Gasteiger partial charge in [-0.15, -0.1) is 0 Å². The molecule has 0 fully saturated rings. The highest BCUT2D eigenvalue weighted by Gasteiger charge is 2.18. The maximum atomic E-state index is 6.41. The van der Waals surface area contributed by atoms with Gasteiger partial charge in [-0.3, -0.25) is 0 Å². The lowest BCUT2D eigenvalue weighted by Crippen LogP contribution is -1.93. The second kappa shape index (κ2) is 8.62. The Labute approximate surface area is 230 Å². The maximum Gasteiger partial charge on any atom is 0.136 e. The average Bonchev–Trinajstić information content (AvgIpc) is 3.53. The minimum absolute atomic E-state index is 0.702. The Morgan fingerprint density at radius 1 is 0.487 bits per heavy atom. The molecule has 3 heteroatoms. The highest BCUT2D eigenvalue weighted by molar-refractivity contribution is 6.32. The van der Waals surface area contributed by atoms with Crippen molar-refractivity contribution in [1.82, 2.24) is 4.57 Å². The van der Waals surface area contributed by atoms with Crippen molar-refractivity contribution in [3.63, 3.8) is 0 Å². The number of hydrogen-bond acceptors (Lipinski definition) is 1. The third-order valence-corrected chi connectivity index (χ3v) is 7.89. The second-order valence-corrected chi connectivity index (χ2v) is 10.3. The van der Waals surface area contributed by atoms with Crippen molar-refractivity contribution in [2.24, 2.45) is 0 Å². The summed E-state index contributed by atoms with van der Waals surface area (Å²) >= 11 is 6.41. The molecule has 0 atom stereocenters. The van der Waals surface area contributed by atoms with Crippen molar-refractivity contribution in [2.45, 2.75) is 0 Å². The van der Waals surface area contributed by atoms with Gasteiger partial charge in [0.1, 0.15) is 11.2 Å². The molecule has 0 saturated heterocycles. The molecule has 0 amide bonds. The van der Waals surface area contributed by atoms with Gasteiger partial charge < -0.3 is 8.98 Å². The van der Waals surface area contributed by atoms with Gasteiger partial charge in [0.05, 0.1) is 11.0 Å². The standard InChI is InChI=1S/C36H22ClNO/c37-25-18-20-33-30(22-25)36-28(14-8-16-34(36)39-33)24-17-19-29-32(21-24)38(26-11-5-2-6-12-26)31-15-7-13-27(35(29)31)23-9-3-1-4-10-23/h1-22H. The number of fused-ring (bicyclic) bond motifs is 6. The predicted octanol–water partition coefficient (Wildman–Crippen LogP) is 10.7. The quantitative estimate of drug-likeness (QED) is 0.227. The van der Waals surface area contributed by atoms with Gasteiger partial charge in [0.2, 0.25) is 0 Å². The molecule has 0 bridgehead atoms. The Morgan fingerprint density at radius 3 is 2.05 bits per heavy atom. The van der Waals surface area contributed by atoms with Gasteiger partial charge in [-0.2, -0.15) is 0 Å². The molecule has 2 heterocycles. The third kappa shape index (κ3) is 3.42. The van der Waals surface area contributed by atoms with Gasteiger partial charge in [0, 0.05) is 32.3 Å². The Bertz CT molecular complexity index is 2170. The number of para-hydroxylation sites is 1. The van der Waals surface area contributed by atoms with E-state index in [4.69, 9.17) is 16.0 Å². The molecule has 0 aliphatic carbocycles. The van der Waals surface area contributed by atoms with Crippen LogP contribution in [-0.2, 0) is 0 Å². The van der Waals surface area contributed by atoms with Crippen LogP contribution in [-0.4, -0.2) is 4.57 Å². The fraction of sp³-hybridized carbons (Fsp3) is 0. The summed E-state index contributed by atoms with van der Waals surface area (Å²) in [5.41, 5.74) is 9.91. The maximum absolute atomic E-state index is 6.41. The molecule has 2 nitrogen and oxygen atoms in total. The fourth-order valence-corrected chi connectivity index (χ4v) is 6.16. The molecule has 0 unspecified atom stereocenters. The van der Waals surface area contributed by atoms with Crippen molar-refractivity contribution in [2.75, 3.05) is 0 Å². The first-order valence-corrected chi connectivity index (χ1v) is 13.4. The molecule has 0 spiro atoms. The van der Waals surface area contributed by atoms with E-state index >= 15 is 0 Å². The molecular weight excluding hydrogens is 498 g/mol. The molecule has 6 aromatic carbocycles. The fourth-order valence-electron chi connectivity index (χ4n) is 5.99. The lowest BCUT2D eigenvalue weighted by molar-refractivity contribution is 0.669.